The topological polar surface area (TPSA) is 15.3 Å². The molecule has 0 saturated carbocycles. The SMILES string of the molecule is CCCC(C)(CNC(C)C)CN1C(C)CCC1CC. The number of nitrogens with zero attached hydrogens (tertiary/aromatic N) is 1. The predicted molar refractivity (Wildman–Crippen MR) is 85.6 cm³/mol. The molecular formula is C17H36N2. The van der Waals surface area contributed by atoms with Crippen molar-refractivity contribution in [2.24, 2.45) is 5.41 Å². The first-order valence-electron chi connectivity index (χ1n) is 8.41. The van der Waals surface area contributed by atoms with E-state index in [2.05, 4.69) is 51.8 Å². The number of rotatable bonds is 8. The molecule has 0 aromatic carbocycles. The molecule has 0 aromatic rings. The Kier molecular flexibility index (Phi) is 6.82. The van der Waals surface area contributed by atoms with Gasteiger partial charge in [-0.15, -0.1) is 0 Å². The fraction of sp³-hybridized carbons (Fsp3) is 1.00. The lowest BCUT2D eigenvalue weighted by Gasteiger charge is -2.39. The largest absolute Gasteiger partial charge is 0.314 e. The molecule has 1 rings (SSSR count). The summed E-state index contributed by atoms with van der Waals surface area (Å²) in [5, 5.41) is 3.67. The van der Waals surface area contributed by atoms with Crippen LogP contribution in [0.2, 0.25) is 0 Å². The van der Waals surface area contributed by atoms with Crippen molar-refractivity contribution in [3.63, 3.8) is 0 Å². The monoisotopic (exact) mass is 268 g/mol. The minimum absolute atomic E-state index is 0.422. The zero-order valence-electron chi connectivity index (χ0n) is 14.1. The maximum absolute atomic E-state index is 3.67. The fourth-order valence-electron chi connectivity index (χ4n) is 3.57. The van der Waals surface area contributed by atoms with Gasteiger partial charge in [0.15, 0.2) is 0 Å². The second-order valence-corrected chi connectivity index (χ2v) is 7.26. The van der Waals surface area contributed by atoms with E-state index in [1.54, 1.807) is 0 Å². The normalized spacial score (nSPS) is 27.9. The van der Waals surface area contributed by atoms with Crippen molar-refractivity contribution < 1.29 is 0 Å². The zero-order chi connectivity index (χ0) is 14.5. The first-order chi connectivity index (χ1) is 8.91. The lowest BCUT2D eigenvalue weighted by Crippen LogP contribution is -2.47. The average Bonchev–Trinajstić information content (AvgIpc) is 2.68. The molecule has 2 nitrogen and oxygen atoms in total. The van der Waals surface area contributed by atoms with Crippen molar-refractivity contribution in [1.82, 2.24) is 10.2 Å². The summed E-state index contributed by atoms with van der Waals surface area (Å²) in [5.41, 5.74) is 0.422. The van der Waals surface area contributed by atoms with Crippen LogP contribution in [0.3, 0.4) is 0 Å². The van der Waals surface area contributed by atoms with E-state index in [0.717, 1.165) is 18.6 Å². The molecule has 1 heterocycles. The lowest BCUT2D eigenvalue weighted by molar-refractivity contribution is 0.107. The van der Waals surface area contributed by atoms with E-state index >= 15 is 0 Å². The van der Waals surface area contributed by atoms with Crippen molar-refractivity contribution in [1.29, 1.82) is 0 Å². The van der Waals surface area contributed by atoms with Crippen molar-refractivity contribution in [3.05, 3.63) is 0 Å². The van der Waals surface area contributed by atoms with Crippen LogP contribution in [0.15, 0.2) is 0 Å². The van der Waals surface area contributed by atoms with E-state index in [0.29, 0.717) is 11.5 Å². The van der Waals surface area contributed by atoms with Gasteiger partial charge >= 0.3 is 0 Å². The van der Waals surface area contributed by atoms with Gasteiger partial charge in [-0.05, 0) is 38.0 Å². The van der Waals surface area contributed by atoms with Crippen molar-refractivity contribution >= 4 is 0 Å². The smallest absolute Gasteiger partial charge is 0.00962 e. The minimum Gasteiger partial charge on any atom is -0.314 e. The minimum atomic E-state index is 0.422. The number of hydrogen-bond acceptors (Lipinski definition) is 2. The van der Waals surface area contributed by atoms with Gasteiger partial charge in [0.1, 0.15) is 0 Å². The van der Waals surface area contributed by atoms with E-state index in [1.807, 2.05) is 0 Å². The van der Waals surface area contributed by atoms with Crippen LogP contribution in [0.5, 0.6) is 0 Å². The van der Waals surface area contributed by atoms with Gasteiger partial charge in [0.25, 0.3) is 0 Å². The molecule has 3 atom stereocenters. The first kappa shape index (κ1) is 17.0. The highest BCUT2D eigenvalue weighted by molar-refractivity contribution is 4.90. The Labute approximate surface area is 121 Å². The van der Waals surface area contributed by atoms with Crippen molar-refractivity contribution in [2.45, 2.75) is 91.8 Å². The molecule has 0 spiro atoms. The molecule has 0 bridgehead atoms. The highest BCUT2D eigenvalue weighted by atomic mass is 15.2. The molecule has 0 radical (unpaired) electrons. The second kappa shape index (κ2) is 7.64. The lowest BCUT2D eigenvalue weighted by atomic mass is 9.84. The third-order valence-corrected chi connectivity index (χ3v) is 4.78. The van der Waals surface area contributed by atoms with Crippen LogP contribution in [0, 0.1) is 5.41 Å². The maximum atomic E-state index is 3.67. The van der Waals surface area contributed by atoms with Gasteiger partial charge < -0.3 is 5.32 Å². The van der Waals surface area contributed by atoms with Crippen molar-refractivity contribution in [3.8, 4) is 0 Å². The third kappa shape index (κ3) is 5.07. The number of nitrogens with one attached hydrogen (secondary N) is 1. The Morgan fingerprint density at radius 3 is 2.47 bits per heavy atom. The van der Waals surface area contributed by atoms with E-state index < -0.39 is 0 Å². The Morgan fingerprint density at radius 1 is 1.26 bits per heavy atom. The summed E-state index contributed by atoms with van der Waals surface area (Å²) < 4.78 is 0. The van der Waals surface area contributed by atoms with Crippen LogP contribution in [-0.2, 0) is 0 Å². The molecule has 2 heteroatoms. The molecule has 1 fully saturated rings. The molecule has 0 amide bonds. The summed E-state index contributed by atoms with van der Waals surface area (Å²) in [6, 6.07) is 2.19. The van der Waals surface area contributed by atoms with Crippen LogP contribution in [0.1, 0.15) is 73.6 Å². The molecule has 114 valence electrons. The molecule has 0 aliphatic carbocycles. The summed E-state index contributed by atoms with van der Waals surface area (Å²) in [5.74, 6) is 0. The molecule has 3 unspecified atom stereocenters. The van der Waals surface area contributed by atoms with Gasteiger partial charge in [-0.25, -0.2) is 0 Å². The summed E-state index contributed by atoms with van der Waals surface area (Å²) >= 11 is 0. The first-order valence-corrected chi connectivity index (χ1v) is 8.41. The summed E-state index contributed by atoms with van der Waals surface area (Å²) in [6.07, 6.45) is 6.71. The molecule has 19 heavy (non-hydrogen) atoms. The van der Waals surface area contributed by atoms with Gasteiger partial charge in [-0.2, -0.15) is 0 Å². The van der Waals surface area contributed by atoms with E-state index in [1.165, 1.54) is 38.6 Å². The molecule has 1 N–H and O–H groups in total. The van der Waals surface area contributed by atoms with E-state index in [9.17, 15) is 0 Å². The third-order valence-electron chi connectivity index (χ3n) is 4.78. The maximum Gasteiger partial charge on any atom is 0.00962 e. The zero-order valence-corrected chi connectivity index (χ0v) is 14.1. The Hall–Kier alpha value is -0.0800. The van der Waals surface area contributed by atoms with Crippen LogP contribution in [-0.4, -0.2) is 36.1 Å². The van der Waals surface area contributed by atoms with Crippen molar-refractivity contribution in [2.75, 3.05) is 13.1 Å². The molecular weight excluding hydrogens is 232 g/mol. The Morgan fingerprint density at radius 2 is 1.95 bits per heavy atom. The number of hydrogen-bond donors (Lipinski definition) is 1. The quantitative estimate of drug-likeness (QED) is 0.714. The predicted octanol–water partition coefficient (Wildman–Crippen LogP) is 4.05. The van der Waals surface area contributed by atoms with Crippen LogP contribution >= 0.6 is 0 Å². The van der Waals surface area contributed by atoms with Crippen LogP contribution in [0.25, 0.3) is 0 Å². The summed E-state index contributed by atoms with van der Waals surface area (Å²) in [6.45, 7) is 16.5. The summed E-state index contributed by atoms with van der Waals surface area (Å²) in [7, 11) is 0. The van der Waals surface area contributed by atoms with E-state index in [-0.39, 0.29) is 0 Å². The molecule has 0 aromatic heterocycles. The summed E-state index contributed by atoms with van der Waals surface area (Å²) in [4.78, 5) is 2.79. The van der Waals surface area contributed by atoms with Gasteiger partial charge in [0, 0.05) is 31.2 Å². The van der Waals surface area contributed by atoms with Gasteiger partial charge in [-0.1, -0.05) is 41.0 Å². The van der Waals surface area contributed by atoms with E-state index in [4.69, 9.17) is 0 Å². The molecule has 1 saturated heterocycles. The fourth-order valence-corrected chi connectivity index (χ4v) is 3.57. The number of likely N-dealkylation sites (tertiary alicyclic amines) is 1. The second-order valence-electron chi connectivity index (χ2n) is 7.26. The van der Waals surface area contributed by atoms with Gasteiger partial charge in [0.05, 0.1) is 0 Å². The highest BCUT2D eigenvalue weighted by Gasteiger charge is 2.35. The Balaban J connectivity index is 2.65. The Bertz CT molecular complexity index is 252. The van der Waals surface area contributed by atoms with Crippen LogP contribution in [0.4, 0.5) is 0 Å². The molecule has 1 aliphatic heterocycles. The standard InChI is InChI=1S/C17H36N2/c1-7-11-17(6,12-18-14(3)4)13-19-15(5)9-10-16(19)8-2/h14-16,18H,7-13H2,1-6H3. The van der Waals surface area contributed by atoms with Crippen LogP contribution < -0.4 is 5.32 Å². The molecule has 1 aliphatic rings. The van der Waals surface area contributed by atoms with Gasteiger partial charge in [0.2, 0.25) is 0 Å². The van der Waals surface area contributed by atoms with Gasteiger partial charge in [-0.3, -0.25) is 4.90 Å². The average molecular weight is 268 g/mol. The highest BCUT2D eigenvalue weighted by Crippen LogP contribution is 2.32.